The third kappa shape index (κ3) is 4.47. The van der Waals surface area contributed by atoms with Gasteiger partial charge in [0.2, 0.25) is 5.91 Å². The van der Waals surface area contributed by atoms with Gasteiger partial charge in [-0.2, -0.15) is 0 Å². The molecule has 0 spiro atoms. The van der Waals surface area contributed by atoms with Gasteiger partial charge >= 0.3 is 0 Å². The highest BCUT2D eigenvalue weighted by atomic mass is 35.5. The maximum atomic E-state index is 11.8. The summed E-state index contributed by atoms with van der Waals surface area (Å²) in [6.07, 6.45) is 3.46. The standard InChI is InChI=1S/C13H18N4O2.ClH/c14-12(18)10-1-2-11(17-8-10)13(19)16-6-4-9-3-5-15-7-9;/h1-2,8-9,15H,3-7H2,(H2,14,18)(H,16,19);1H. The van der Waals surface area contributed by atoms with E-state index in [9.17, 15) is 9.59 Å². The molecule has 4 N–H and O–H groups in total. The van der Waals surface area contributed by atoms with Crippen LogP contribution in [0.15, 0.2) is 18.3 Å². The first-order valence-corrected chi connectivity index (χ1v) is 6.41. The quantitative estimate of drug-likeness (QED) is 0.730. The molecule has 110 valence electrons. The number of nitrogens with one attached hydrogen (secondary N) is 2. The van der Waals surface area contributed by atoms with Crippen LogP contribution >= 0.6 is 12.4 Å². The summed E-state index contributed by atoms with van der Waals surface area (Å²) in [7, 11) is 0. The van der Waals surface area contributed by atoms with E-state index in [4.69, 9.17) is 5.73 Å². The Morgan fingerprint density at radius 1 is 1.45 bits per heavy atom. The Morgan fingerprint density at radius 2 is 2.25 bits per heavy atom. The number of amides is 2. The van der Waals surface area contributed by atoms with Gasteiger partial charge in [0.25, 0.3) is 5.91 Å². The first kappa shape index (κ1) is 16.4. The molecule has 20 heavy (non-hydrogen) atoms. The molecule has 1 aromatic heterocycles. The fourth-order valence-electron chi connectivity index (χ4n) is 2.12. The van der Waals surface area contributed by atoms with E-state index in [1.807, 2.05) is 0 Å². The molecular formula is C13H19ClN4O2. The van der Waals surface area contributed by atoms with Crippen molar-refractivity contribution in [2.24, 2.45) is 11.7 Å². The summed E-state index contributed by atoms with van der Waals surface area (Å²) in [5.74, 6) is -0.124. The van der Waals surface area contributed by atoms with Crippen LogP contribution in [0.2, 0.25) is 0 Å². The van der Waals surface area contributed by atoms with Gasteiger partial charge in [0.05, 0.1) is 5.56 Å². The zero-order valence-corrected chi connectivity index (χ0v) is 11.9. The third-order valence-electron chi connectivity index (χ3n) is 3.28. The maximum absolute atomic E-state index is 11.8. The van der Waals surface area contributed by atoms with Crippen molar-refractivity contribution in [1.82, 2.24) is 15.6 Å². The van der Waals surface area contributed by atoms with E-state index in [0.717, 1.165) is 19.5 Å². The minimum Gasteiger partial charge on any atom is -0.366 e. The van der Waals surface area contributed by atoms with Crippen molar-refractivity contribution in [1.29, 1.82) is 0 Å². The highest BCUT2D eigenvalue weighted by Crippen LogP contribution is 2.10. The van der Waals surface area contributed by atoms with Gasteiger partial charge in [0.15, 0.2) is 0 Å². The van der Waals surface area contributed by atoms with Gasteiger partial charge in [-0.1, -0.05) is 0 Å². The van der Waals surface area contributed by atoms with Crippen LogP contribution in [0.4, 0.5) is 0 Å². The first-order chi connectivity index (χ1) is 9.16. The smallest absolute Gasteiger partial charge is 0.269 e. The van der Waals surface area contributed by atoms with Crippen LogP contribution in [0.1, 0.15) is 33.7 Å². The largest absolute Gasteiger partial charge is 0.366 e. The summed E-state index contributed by atoms with van der Waals surface area (Å²) < 4.78 is 0. The highest BCUT2D eigenvalue weighted by Gasteiger charge is 2.14. The second kappa shape index (κ2) is 7.81. The first-order valence-electron chi connectivity index (χ1n) is 6.41. The van der Waals surface area contributed by atoms with Crippen LogP contribution in [0.3, 0.4) is 0 Å². The molecule has 2 amide bonds. The maximum Gasteiger partial charge on any atom is 0.269 e. The van der Waals surface area contributed by atoms with E-state index < -0.39 is 5.91 Å². The molecule has 1 aliphatic heterocycles. The number of hydrogen-bond acceptors (Lipinski definition) is 4. The number of rotatable bonds is 5. The molecule has 2 heterocycles. The predicted molar refractivity (Wildman–Crippen MR) is 77.9 cm³/mol. The Morgan fingerprint density at radius 3 is 2.80 bits per heavy atom. The number of carbonyl (C=O) groups excluding carboxylic acids is 2. The van der Waals surface area contributed by atoms with E-state index in [0.29, 0.717) is 23.7 Å². The van der Waals surface area contributed by atoms with Gasteiger partial charge in [-0.15, -0.1) is 12.4 Å². The fraction of sp³-hybridized carbons (Fsp3) is 0.462. The average molecular weight is 299 g/mol. The second-order valence-corrected chi connectivity index (χ2v) is 4.70. The lowest BCUT2D eigenvalue weighted by atomic mass is 10.1. The Hall–Kier alpha value is -1.66. The SMILES string of the molecule is Cl.NC(=O)c1ccc(C(=O)NCCC2CCNC2)nc1. The molecule has 1 aliphatic rings. The molecule has 2 rings (SSSR count). The van der Waals surface area contributed by atoms with Gasteiger partial charge in [0.1, 0.15) is 5.69 Å². The van der Waals surface area contributed by atoms with Gasteiger partial charge < -0.3 is 16.4 Å². The van der Waals surface area contributed by atoms with Crippen molar-refractivity contribution in [3.8, 4) is 0 Å². The number of carbonyl (C=O) groups is 2. The van der Waals surface area contributed by atoms with Crippen LogP contribution in [-0.2, 0) is 0 Å². The average Bonchev–Trinajstić information content (AvgIpc) is 2.92. The van der Waals surface area contributed by atoms with E-state index in [1.54, 1.807) is 0 Å². The molecule has 0 aromatic carbocycles. The Labute approximate surface area is 123 Å². The summed E-state index contributed by atoms with van der Waals surface area (Å²) in [4.78, 5) is 26.6. The highest BCUT2D eigenvalue weighted by molar-refractivity contribution is 5.95. The Balaban J connectivity index is 0.00000200. The summed E-state index contributed by atoms with van der Waals surface area (Å²) >= 11 is 0. The molecule has 1 saturated heterocycles. The minimum atomic E-state index is -0.548. The molecule has 7 heteroatoms. The number of nitrogens with two attached hydrogens (primary N) is 1. The topological polar surface area (TPSA) is 97.1 Å². The summed E-state index contributed by atoms with van der Waals surface area (Å²) in [6, 6.07) is 3.01. The molecule has 1 fully saturated rings. The van der Waals surface area contributed by atoms with Crippen molar-refractivity contribution >= 4 is 24.2 Å². The molecule has 0 saturated carbocycles. The number of pyridine rings is 1. The lowest BCUT2D eigenvalue weighted by Crippen LogP contribution is -2.27. The molecule has 6 nitrogen and oxygen atoms in total. The van der Waals surface area contributed by atoms with E-state index in [1.165, 1.54) is 24.8 Å². The molecule has 1 atom stereocenters. The molecule has 0 radical (unpaired) electrons. The molecule has 1 aromatic rings. The van der Waals surface area contributed by atoms with Crippen LogP contribution in [0.5, 0.6) is 0 Å². The van der Waals surface area contributed by atoms with Gasteiger partial charge in [0, 0.05) is 12.7 Å². The molecular weight excluding hydrogens is 280 g/mol. The third-order valence-corrected chi connectivity index (χ3v) is 3.28. The molecule has 1 unspecified atom stereocenters. The van der Waals surface area contributed by atoms with Crippen molar-refractivity contribution < 1.29 is 9.59 Å². The summed E-state index contributed by atoms with van der Waals surface area (Å²) in [6.45, 7) is 2.74. The number of halogens is 1. The Kier molecular flexibility index (Phi) is 6.41. The molecule has 0 bridgehead atoms. The van der Waals surface area contributed by atoms with E-state index in [-0.39, 0.29) is 18.3 Å². The van der Waals surface area contributed by atoms with Crippen molar-refractivity contribution in [3.63, 3.8) is 0 Å². The summed E-state index contributed by atoms with van der Waals surface area (Å²) in [5, 5.41) is 6.12. The van der Waals surface area contributed by atoms with Gasteiger partial charge in [-0.3, -0.25) is 14.6 Å². The second-order valence-electron chi connectivity index (χ2n) is 4.70. The zero-order valence-electron chi connectivity index (χ0n) is 11.1. The lowest BCUT2D eigenvalue weighted by Gasteiger charge is -2.09. The van der Waals surface area contributed by atoms with Crippen LogP contribution in [0.25, 0.3) is 0 Å². The van der Waals surface area contributed by atoms with Crippen LogP contribution in [-0.4, -0.2) is 36.4 Å². The van der Waals surface area contributed by atoms with Crippen LogP contribution in [0, 0.1) is 5.92 Å². The summed E-state index contributed by atoms with van der Waals surface area (Å²) in [5.41, 5.74) is 5.70. The zero-order chi connectivity index (χ0) is 13.7. The lowest BCUT2D eigenvalue weighted by molar-refractivity contribution is 0.0943. The van der Waals surface area contributed by atoms with Crippen molar-refractivity contribution in [2.45, 2.75) is 12.8 Å². The predicted octanol–water partition coefficient (Wildman–Crippen LogP) is 0.332. The fourth-order valence-corrected chi connectivity index (χ4v) is 2.12. The molecule has 0 aliphatic carbocycles. The van der Waals surface area contributed by atoms with Gasteiger partial charge in [-0.05, 0) is 44.0 Å². The number of aromatic nitrogens is 1. The number of nitrogens with zero attached hydrogens (tertiary/aromatic N) is 1. The van der Waals surface area contributed by atoms with Crippen molar-refractivity contribution in [3.05, 3.63) is 29.6 Å². The monoisotopic (exact) mass is 298 g/mol. The minimum absolute atomic E-state index is 0. The Bertz CT molecular complexity index is 458. The van der Waals surface area contributed by atoms with Crippen molar-refractivity contribution in [2.75, 3.05) is 19.6 Å². The normalized spacial score (nSPS) is 17.3. The number of primary amides is 1. The van der Waals surface area contributed by atoms with Gasteiger partial charge in [-0.25, -0.2) is 0 Å². The number of hydrogen-bond donors (Lipinski definition) is 3. The van der Waals surface area contributed by atoms with E-state index >= 15 is 0 Å². The van der Waals surface area contributed by atoms with E-state index in [2.05, 4.69) is 15.6 Å². The van der Waals surface area contributed by atoms with Crippen LogP contribution < -0.4 is 16.4 Å².